The molecule has 1 saturated carbocycles. The van der Waals surface area contributed by atoms with Crippen molar-refractivity contribution in [2.45, 2.75) is 31.4 Å². The van der Waals surface area contributed by atoms with Gasteiger partial charge in [-0.2, -0.15) is 0 Å². The summed E-state index contributed by atoms with van der Waals surface area (Å²) in [6, 6.07) is 2.13. The van der Waals surface area contributed by atoms with Crippen molar-refractivity contribution in [3.63, 3.8) is 0 Å². The number of furan rings is 1. The molecule has 1 aliphatic rings. The molecule has 0 aromatic carbocycles. The van der Waals surface area contributed by atoms with E-state index in [0.717, 1.165) is 12.0 Å². The van der Waals surface area contributed by atoms with Crippen LogP contribution in [0.4, 0.5) is 0 Å². The Labute approximate surface area is 89.7 Å². The molecule has 2 atom stereocenters. The Bertz CT molecular complexity index is 283. The van der Waals surface area contributed by atoms with Crippen LogP contribution in [-0.2, 0) is 11.2 Å². The zero-order valence-corrected chi connectivity index (χ0v) is 8.98. The number of nitrogens with one attached hydrogen (secondary N) is 1. The van der Waals surface area contributed by atoms with E-state index in [4.69, 9.17) is 15.0 Å². The summed E-state index contributed by atoms with van der Waals surface area (Å²) in [4.78, 5) is 0. The van der Waals surface area contributed by atoms with E-state index in [2.05, 4.69) is 5.43 Å². The van der Waals surface area contributed by atoms with Gasteiger partial charge in [0.1, 0.15) is 0 Å². The largest absolute Gasteiger partial charge is 0.472 e. The topological polar surface area (TPSA) is 60.4 Å². The van der Waals surface area contributed by atoms with Gasteiger partial charge in [0.25, 0.3) is 0 Å². The highest BCUT2D eigenvalue weighted by atomic mass is 16.5. The van der Waals surface area contributed by atoms with Crippen molar-refractivity contribution in [1.82, 2.24) is 5.43 Å². The minimum atomic E-state index is 0.167. The van der Waals surface area contributed by atoms with E-state index in [9.17, 15) is 0 Å². The van der Waals surface area contributed by atoms with Gasteiger partial charge in [-0.05, 0) is 36.8 Å². The number of nitrogens with two attached hydrogens (primary N) is 1. The van der Waals surface area contributed by atoms with Gasteiger partial charge in [0, 0.05) is 7.11 Å². The van der Waals surface area contributed by atoms with E-state index in [1.54, 1.807) is 19.6 Å². The predicted molar refractivity (Wildman–Crippen MR) is 57.0 cm³/mol. The first-order valence-electron chi connectivity index (χ1n) is 5.35. The normalized spacial score (nSPS) is 20.1. The van der Waals surface area contributed by atoms with Gasteiger partial charge in [-0.3, -0.25) is 11.3 Å². The van der Waals surface area contributed by atoms with Gasteiger partial charge in [-0.1, -0.05) is 0 Å². The van der Waals surface area contributed by atoms with Crippen molar-refractivity contribution in [2.24, 2.45) is 11.8 Å². The van der Waals surface area contributed by atoms with Gasteiger partial charge in [-0.25, -0.2) is 0 Å². The van der Waals surface area contributed by atoms with Gasteiger partial charge in [0.15, 0.2) is 0 Å². The molecule has 1 aromatic rings. The van der Waals surface area contributed by atoms with Crippen LogP contribution in [0, 0.1) is 5.92 Å². The van der Waals surface area contributed by atoms with Crippen molar-refractivity contribution in [1.29, 1.82) is 0 Å². The van der Waals surface area contributed by atoms with E-state index in [-0.39, 0.29) is 12.1 Å². The summed E-state index contributed by atoms with van der Waals surface area (Å²) in [5, 5.41) is 0. The molecule has 2 unspecified atom stereocenters. The molecule has 0 aliphatic heterocycles. The average molecular weight is 210 g/mol. The fourth-order valence-electron chi connectivity index (χ4n) is 2.04. The molecular formula is C11H18N2O2. The number of hydrogen-bond donors (Lipinski definition) is 2. The maximum Gasteiger partial charge on any atom is 0.0935 e. The zero-order chi connectivity index (χ0) is 10.7. The second-order valence-corrected chi connectivity index (χ2v) is 4.15. The highest BCUT2D eigenvalue weighted by molar-refractivity contribution is 5.09. The smallest absolute Gasteiger partial charge is 0.0935 e. The maximum absolute atomic E-state index is 5.57. The molecule has 4 nitrogen and oxygen atoms in total. The fourth-order valence-corrected chi connectivity index (χ4v) is 2.04. The predicted octanol–water partition coefficient (Wildman–Crippen LogP) is 1.08. The van der Waals surface area contributed by atoms with Crippen molar-refractivity contribution in [3.8, 4) is 0 Å². The van der Waals surface area contributed by atoms with Gasteiger partial charge >= 0.3 is 0 Å². The van der Waals surface area contributed by atoms with Crippen molar-refractivity contribution in [2.75, 3.05) is 7.11 Å². The molecule has 1 heterocycles. The number of rotatable bonds is 6. The number of hydrazine groups is 1. The Morgan fingerprint density at radius 3 is 2.93 bits per heavy atom. The lowest BCUT2D eigenvalue weighted by Crippen LogP contribution is -2.47. The third kappa shape index (κ3) is 2.59. The summed E-state index contributed by atoms with van der Waals surface area (Å²) in [6.07, 6.45) is 7.00. The van der Waals surface area contributed by atoms with E-state index in [0.29, 0.717) is 5.92 Å². The molecule has 1 fully saturated rings. The SMILES string of the molecule is COC(C1CC1)C(Cc1ccoc1)NN. The fraction of sp³-hybridized carbons (Fsp3) is 0.636. The average Bonchev–Trinajstić information content (AvgIpc) is 2.95. The summed E-state index contributed by atoms with van der Waals surface area (Å²) in [5.41, 5.74) is 4.00. The lowest BCUT2D eigenvalue weighted by Gasteiger charge is -2.24. The van der Waals surface area contributed by atoms with Gasteiger partial charge in [0.05, 0.1) is 24.7 Å². The minimum Gasteiger partial charge on any atom is -0.472 e. The molecule has 15 heavy (non-hydrogen) atoms. The van der Waals surface area contributed by atoms with Crippen molar-refractivity contribution in [3.05, 3.63) is 24.2 Å². The van der Waals surface area contributed by atoms with Crippen LogP contribution >= 0.6 is 0 Å². The lowest BCUT2D eigenvalue weighted by molar-refractivity contribution is 0.0510. The van der Waals surface area contributed by atoms with Crippen LogP contribution in [0.25, 0.3) is 0 Å². The summed E-state index contributed by atoms with van der Waals surface area (Å²) in [5.74, 6) is 6.24. The molecule has 0 bridgehead atoms. The zero-order valence-electron chi connectivity index (χ0n) is 8.98. The third-order valence-corrected chi connectivity index (χ3v) is 3.01. The molecule has 1 aromatic heterocycles. The van der Waals surface area contributed by atoms with Crippen LogP contribution in [0.5, 0.6) is 0 Å². The molecule has 0 saturated heterocycles. The summed E-state index contributed by atoms with van der Waals surface area (Å²) in [7, 11) is 1.75. The lowest BCUT2D eigenvalue weighted by atomic mass is 10.0. The van der Waals surface area contributed by atoms with E-state index in [1.807, 2.05) is 6.07 Å². The maximum atomic E-state index is 5.57. The van der Waals surface area contributed by atoms with Crippen LogP contribution < -0.4 is 11.3 Å². The Hall–Kier alpha value is -0.840. The Morgan fingerprint density at radius 2 is 2.47 bits per heavy atom. The number of ether oxygens (including phenoxy) is 1. The Morgan fingerprint density at radius 1 is 1.67 bits per heavy atom. The van der Waals surface area contributed by atoms with E-state index < -0.39 is 0 Å². The molecular weight excluding hydrogens is 192 g/mol. The van der Waals surface area contributed by atoms with Crippen LogP contribution in [0.1, 0.15) is 18.4 Å². The first kappa shape index (κ1) is 10.7. The first-order chi connectivity index (χ1) is 7.35. The van der Waals surface area contributed by atoms with Crippen LogP contribution in [0.15, 0.2) is 23.0 Å². The Kier molecular flexibility index (Phi) is 3.41. The molecule has 0 spiro atoms. The highest BCUT2D eigenvalue weighted by Crippen LogP contribution is 2.36. The van der Waals surface area contributed by atoms with E-state index in [1.165, 1.54) is 12.8 Å². The quantitative estimate of drug-likeness (QED) is 0.545. The standard InChI is InChI=1S/C11H18N2O2/c1-14-11(9-2-3-9)10(13-12)6-8-4-5-15-7-8/h4-5,7,9-11,13H,2-3,6,12H2,1H3. The van der Waals surface area contributed by atoms with Crippen LogP contribution in [0.3, 0.4) is 0 Å². The van der Waals surface area contributed by atoms with Gasteiger partial charge in [0.2, 0.25) is 0 Å². The Balaban J connectivity index is 1.96. The molecule has 0 radical (unpaired) electrons. The molecule has 84 valence electrons. The summed E-state index contributed by atoms with van der Waals surface area (Å²) in [6.45, 7) is 0. The minimum absolute atomic E-state index is 0.167. The second-order valence-electron chi connectivity index (χ2n) is 4.15. The molecule has 2 rings (SSSR count). The number of hydrogen-bond acceptors (Lipinski definition) is 4. The molecule has 4 heteroatoms. The summed E-state index contributed by atoms with van der Waals surface area (Å²) >= 11 is 0. The number of methoxy groups -OCH3 is 1. The monoisotopic (exact) mass is 210 g/mol. The van der Waals surface area contributed by atoms with Crippen molar-refractivity contribution < 1.29 is 9.15 Å². The molecule has 3 N–H and O–H groups in total. The van der Waals surface area contributed by atoms with Crippen LogP contribution in [-0.4, -0.2) is 19.3 Å². The molecule has 1 aliphatic carbocycles. The van der Waals surface area contributed by atoms with Gasteiger partial charge < -0.3 is 9.15 Å². The first-order valence-corrected chi connectivity index (χ1v) is 5.35. The third-order valence-electron chi connectivity index (χ3n) is 3.01. The van der Waals surface area contributed by atoms with Crippen molar-refractivity contribution >= 4 is 0 Å². The van der Waals surface area contributed by atoms with E-state index >= 15 is 0 Å². The van der Waals surface area contributed by atoms with Gasteiger partial charge in [-0.15, -0.1) is 0 Å². The molecule has 0 amide bonds. The second kappa shape index (κ2) is 4.79. The highest BCUT2D eigenvalue weighted by Gasteiger charge is 2.36. The summed E-state index contributed by atoms with van der Waals surface area (Å²) < 4.78 is 10.5. The van der Waals surface area contributed by atoms with Crippen LogP contribution in [0.2, 0.25) is 0 Å².